The van der Waals surface area contributed by atoms with Gasteiger partial charge in [0, 0.05) is 36.5 Å². The van der Waals surface area contributed by atoms with Crippen molar-refractivity contribution < 1.29 is 22.8 Å². The molecule has 1 N–H and O–H groups in total. The summed E-state index contributed by atoms with van der Waals surface area (Å²) in [5.41, 5.74) is 2.02. The molecule has 0 aliphatic carbocycles. The maximum atomic E-state index is 12.8. The summed E-state index contributed by atoms with van der Waals surface area (Å²) in [5.74, 6) is 0.543. The Morgan fingerprint density at radius 1 is 1.21 bits per heavy atom. The van der Waals surface area contributed by atoms with Gasteiger partial charge in [-0.1, -0.05) is 0 Å². The number of hydrogen-bond donors (Lipinski definition) is 1. The smallest absolute Gasteiger partial charge is 0.416 e. The molecule has 156 valence electrons. The van der Waals surface area contributed by atoms with E-state index in [1.165, 1.54) is 13.3 Å². The van der Waals surface area contributed by atoms with E-state index in [1.54, 1.807) is 6.07 Å². The first-order valence-corrected chi connectivity index (χ1v) is 8.78. The van der Waals surface area contributed by atoms with Crippen LogP contribution in [0.15, 0.2) is 41.5 Å². The molecule has 0 heterocycles. The van der Waals surface area contributed by atoms with Crippen LogP contribution >= 0.6 is 0 Å². The van der Waals surface area contributed by atoms with Crippen molar-refractivity contribution in [2.45, 2.75) is 20.0 Å². The van der Waals surface area contributed by atoms with Gasteiger partial charge in [0.05, 0.1) is 23.8 Å². The predicted octanol–water partition coefficient (Wildman–Crippen LogP) is 4.91. The van der Waals surface area contributed by atoms with Crippen LogP contribution in [0.2, 0.25) is 0 Å². The van der Waals surface area contributed by atoms with Crippen LogP contribution in [0, 0.1) is 10.1 Å². The molecule has 0 saturated carbocycles. The molecule has 2 aromatic carbocycles. The lowest BCUT2D eigenvalue weighted by molar-refractivity contribution is -0.384. The summed E-state index contributed by atoms with van der Waals surface area (Å²) in [4.78, 5) is 12.4. The van der Waals surface area contributed by atoms with E-state index in [0.29, 0.717) is 17.4 Å². The maximum Gasteiger partial charge on any atom is 0.416 e. The summed E-state index contributed by atoms with van der Waals surface area (Å²) in [6.07, 6.45) is -3.29. The largest absolute Gasteiger partial charge is 0.496 e. The summed E-state index contributed by atoms with van der Waals surface area (Å²) < 4.78 is 43.7. The van der Waals surface area contributed by atoms with Crippen molar-refractivity contribution in [1.82, 2.24) is 0 Å². The molecule has 0 atom stereocenters. The van der Waals surface area contributed by atoms with E-state index in [1.807, 2.05) is 26.0 Å². The highest BCUT2D eigenvalue weighted by atomic mass is 19.4. The zero-order chi connectivity index (χ0) is 21.6. The fraction of sp³-hybridized carbons (Fsp3) is 0.316. The van der Waals surface area contributed by atoms with Gasteiger partial charge >= 0.3 is 6.18 Å². The molecule has 0 bridgehead atoms. The SMILES string of the molecule is CCN(CC)c1ccc(/C=N\Nc2ccc(C(F)(F)F)cc2[N+](=O)[O-])c(OC)c1. The fourth-order valence-corrected chi connectivity index (χ4v) is 2.72. The number of nitrogens with zero attached hydrogens (tertiary/aromatic N) is 3. The second-order valence-corrected chi connectivity index (χ2v) is 5.96. The van der Waals surface area contributed by atoms with Gasteiger partial charge in [-0.2, -0.15) is 18.3 Å². The molecule has 0 unspecified atom stereocenters. The second kappa shape index (κ2) is 9.26. The first-order valence-electron chi connectivity index (χ1n) is 8.78. The lowest BCUT2D eigenvalue weighted by atomic mass is 10.1. The number of benzene rings is 2. The van der Waals surface area contributed by atoms with Gasteiger partial charge in [-0.3, -0.25) is 15.5 Å². The van der Waals surface area contributed by atoms with Crippen molar-refractivity contribution in [3.05, 3.63) is 57.6 Å². The molecular formula is C19H21F3N4O3. The number of halogens is 3. The average molecular weight is 410 g/mol. The van der Waals surface area contributed by atoms with Gasteiger partial charge in [0.15, 0.2) is 0 Å². The van der Waals surface area contributed by atoms with Crippen LogP contribution in [0.1, 0.15) is 25.0 Å². The Hall–Kier alpha value is -3.30. The Morgan fingerprint density at radius 2 is 1.90 bits per heavy atom. The molecular weight excluding hydrogens is 389 g/mol. The van der Waals surface area contributed by atoms with E-state index in [0.717, 1.165) is 30.9 Å². The van der Waals surface area contributed by atoms with Crippen molar-refractivity contribution in [2.24, 2.45) is 5.10 Å². The minimum atomic E-state index is -4.67. The van der Waals surface area contributed by atoms with Crippen molar-refractivity contribution in [3.63, 3.8) is 0 Å². The third-order valence-corrected chi connectivity index (χ3v) is 4.26. The van der Waals surface area contributed by atoms with E-state index >= 15 is 0 Å². The monoisotopic (exact) mass is 410 g/mol. The second-order valence-electron chi connectivity index (χ2n) is 5.96. The zero-order valence-electron chi connectivity index (χ0n) is 16.2. The van der Waals surface area contributed by atoms with Crippen molar-refractivity contribution in [1.29, 1.82) is 0 Å². The number of methoxy groups -OCH3 is 1. The van der Waals surface area contributed by atoms with Gasteiger partial charge in [0.25, 0.3) is 5.69 Å². The number of rotatable bonds is 8. The van der Waals surface area contributed by atoms with Gasteiger partial charge in [0.1, 0.15) is 11.4 Å². The summed E-state index contributed by atoms with van der Waals surface area (Å²) in [7, 11) is 1.51. The topological polar surface area (TPSA) is 80.0 Å². The number of alkyl halides is 3. The molecule has 0 amide bonds. The molecule has 0 saturated heterocycles. The number of nitro groups is 1. The molecule has 10 heteroatoms. The van der Waals surface area contributed by atoms with Crippen LogP contribution < -0.4 is 15.1 Å². The highest BCUT2D eigenvalue weighted by molar-refractivity contribution is 5.85. The summed E-state index contributed by atoms with van der Waals surface area (Å²) in [6, 6.07) is 7.70. The van der Waals surface area contributed by atoms with E-state index in [4.69, 9.17) is 4.74 Å². The molecule has 0 fully saturated rings. The summed E-state index contributed by atoms with van der Waals surface area (Å²) in [5, 5.41) is 15.0. The first kappa shape index (κ1) is 22.0. The van der Waals surface area contributed by atoms with Gasteiger partial charge in [-0.25, -0.2) is 0 Å². The van der Waals surface area contributed by atoms with Crippen molar-refractivity contribution in [3.8, 4) is 5.75 Å². The number of ether oxygens (including phenoxy) is 1. The number of nitro benzene ring substituents is 1. The molecule has 7 nitrogen and oxygen atoms in total. The van der Waals surface area contributed by atoms with Crippen molar-refractivity contribution >= 4 is 23.3 Å². The number of nitrogens with one attached hydrogen (secondary N) is 1. The normalized spacial score (nSPS) is 11.5. The van der Waals surface area contributed by atoms with Crippen LogP contribution in [0.25, 0.3) is 0 Å². The molecule has 0 aliphatic heterocycles. The first-order chi connectivity index (χ1) is 13.7. The van der Waals surface area contributed by atoms with Gasteiger partial charge in [-0.05, 0) is 38.1 Å². The average Bonchev–Trinajstić information content (AvgIpc) is 2.68. The number of hydrogen-bond acceptors (Lipinski definition) is 6. The van der Waals surface area contributed by atoms with E-state index in [2.05, 4.69) is 15.4 Å². The highest BCUT2D eigenvalue weighted by Crippen LogP contribution is 2.35. The van der Waals surface area contributed by atoms with Gasteiger partial charge < -0.3 is 9.64 Å². The van der Waals surface area contributed by atoms with Crippen LogP contribution in [0.5, 0.6) is 5.75 Å². The zero-order valence-corrected chi connectivity index (χ0v) is 16.2. The van der Waals surface area contributed by atoms with Crippen LogP contribution in [-0.4, -0.2) is 31.3 Å². The molecule has 2 rings (SSSR count). The standard InChI is InChI=1S/C19H21F3N4O3/c1-4-25(5-2)15-8-6-13(18(11-15)29-3)12-23-24-16-9-7-14(19(20,21)22)10-17(16)26(27)28/h6-12,24H,4-5H2,1-3H3/b23-12-. The Balaban J connectivity index is 2.26. The number of anilines is 2. The fourth-order valence-electron chi connectivity index (χ4n) is 2.72. The summed E-state index contributed by atoms with van der Waals surface area (Å²) >= 11 is 0. The van der Waals surface area contributed by atoms with Gasteiger partial charge in [-0.15, -0.1) is 0 Å². The Morgan fingerprint density at radius 3 is 2.45 bits per heavy atom. The maximum absolute atomic E-state index is 12.8. The van der Waals surface area contributed by atoms with Crippen LogP contribution in [-0.2, 0) is 6.18 Å². The molecule has 0 radical (unpaired) electrons. The lowest BCUT2D eigenvalue weighted by Gasteiger charge is -2.22. The van der Waals surface area contributed by atoms with E-state index in [-0.39, 0.29) is 5.69 Å². The van der Waals surface area contributed by atoms with Crippen molar-refractivity contribution in [2.75, 3.05) is 30.5 Å². The van der Waals surface area contributed by atoms with Crippen LogP contribution in [0.3, 0.4) is 0 Å². The van der Waals surface area contributed by atoms with Gasteiger partial charge in [0.2, 0.25) is 0 Å². The minimum absolute atomic E-state index is 0.155. The highest BCUT2D eigenvalue weighted by Gasteiger charge is 2.33. The number of hydrazone groups is 1. The van der Waals surface area contributed by atoms with E-state index in [9.17, 15) is 23.3 Å². The third-order valence-electron chi connectivity index (χ3n) is 4.26. The quantitative estimate of drug-likeness (QED) is 0.380. The molecule has 0 spiro atoms. The molecule has 2 aromatic rings. The molecule has 0 aromatic heterocycles. The third kappa shape index (κ3) is 5.37. The predicted molar refractivity (Wildman–Crippen MR) is 106 cm³/mol. The molecule has 29 heavy (non-hydrogen) atoms. The Bertz CT molecular complexity index is 897. The van der Waals surface area contributed by atoms with Crippen LogP contribution in [0.4, 0.5) is 30.2 Å². The Labute approximate surface area is 165 Å². The Kier molecular flexibility index (Phi) is 7.03. The lowest BCUT2D eigenvalue weighted by Crippen LogP contribution is -2.21. The van der Waals surface area contributed by atoms with E-state index < -0.39 is 22.4 Å². The minimum Gasteiger partial charge on any atom is -0.496 e. The molecule has 0 aliphatic rings. The summed E-state index contributed by atoms with van der Waals surface area (Å²) in [6.45, 7) is 5.72.